The second kappa shape index (κ2) is 7.67. The van der Waals surface area contributed by atoms with Gasteiger partial charge in [0.25, 0.3) is 0 Å². The minimum absolute atomic E-state index is 0.177. The molecule has 2 rings (SSSR count). The molecule has 8 heteroatoms. The number of thiazole rings is 1. The van der Waals surface area contributed by atoms with E-state index in [2.05, 4.69) is 15.0 Å². The Hall–Kier alpha value is -1.77. The summed E-state index contributed by atoms with van der Waals surface area (Å²) in [6.07, 6.45) is 1.44. The van der Waals surface area contributed by atoms with E-state index in [1.807, 2.05) is 12.3 Å². The minimum Gasteiger partial charge on any atom is -0.326 e. The molecule has 0 atom stereocenters. The van der Waals surface area contributed by atoms with Crippen LogP contribution in [-0.4, -0.2) is 25.9 Å². The van der Waals surface area contributed by atoms with Crippen LogP contribution >= 0.6 is 11.3 Å². The van der Waals surface area contributed by atoms with E-state index in [-0.39, 0.29) is 10.8 Å². The molecular formula is C15H19N3O3S2. The summed E-state index contributed by atoms with van der Waals surface area (Å²) in [7, 11) is -3.53. The molecule has 2 N–H and O–H groups in total. The number of carbonyl (C=O) groups excluding carboxylic acids is 1. The van der Waals surface area contributed by atoms with E-state index >= 15 is 0 Å². The molecule has 0 bridgehead atoms. The molecule has 1 aromatic heterocycles. The fraction of sp³-hybridized carbons (Fsp3) is 0.333. The van der Waals surface area contributed by atoms with E-state index in [1.165, 1.54) is 19.1 Å². The molecule has 1 heterocycles. The molecule has 0 fully saturated rings. The van der Waals surface area contributed by atoms with Crippen LogP contribution in [0.1, 0.15) is 24.0 Å². The third-order valence-corrected chi connectivity index (χ3v) is 5.51. The highest BCUT2D eigenvalue weighted by Gasteiger charge is 2.13. The van der Waals surface area contributed by atoms with Gasteiger partial charge in [-0.25, -0.2) is 18.1 Å². The van der Waals surface area contributed by atoms with Crippen LogP contribution in [0.2, 0.25) is 0 Å². The number of hydrogen-bond donors (Lipinski definition) is 2. The van der Waals surface area contributed by atoms with Gasteiger partial charge >= 0.3 is 0 Å². The smallest absolute Gasteiger partial charge is 0.240 e. The lowest BCUT2D eigenvalue weighted by Crippen LogP contribution is -2.25. The molecule has 0 aliphatic heterocycles. The van der Waals surface area contributed by atoms with E-state index in [1.54, 1.807) is 23.5 Å². The number of anilines is 1. The van der Waals surface area contributed by atoms with Gasteiger partial charge in [-0.15, -0.1) is 11.3 Å². The van der Waals surface area contributed by atoms with Gasteiger partial charge in [0.15, 0.2) is 0 Å². The van der Waals surface area contributed by atoms with E-state index < -0.39 is 10.0 Å². The lowest BCUT2D eigenvalue weighted by atomic mass is 10.3. The van der Waals surface area contributed by atoms with Crippen molar-refractivity contribution in [2.75, 3.05) is 11.9 Å². The number of aryl methyl sites for hydroxylation is 2. The molecule has 0 saturated carbocycles. The Bertz CT molecular complexity index is 768. The number of nitrogens with zero attached hydrogens (tertiary/aromatic N) is 1. The number of aromatic nitrogens is 1. The molecule has 23 heavy (non-hydrogen) atoms. The summed E-state index contributed by atoms with van der Waals surface area (Å²) in [5.74, 6) is -0.198. The van der Waals surface area contributed by atoms with Crippen LogP contribution in [0, 0.1) is 6.92 Å². The first-order chi connectivity index (χ1) is 10.9. The van der Waals surface area contributed by atoms with Crippen molar-refractivity contribution in [3.05, 3.63) is 40.3 Å². The fourth-order valence-electron chi connectivity index (χ4n) is 1.97. The van der Waals surface area contributed by atoms with Crippen molar-refractivity contribution in [3.63, 3.8) is 0 Å². The highest BCUT2D eigenvalue weighted by atomic mass is 32.2. The molecule has 6 nitrogen and oxygen atoms in total. The van der Waals surface area contributed by atoms with Crippen molar-refractivity contribution in [3.8, 4) is 0 Å². The van der Waals surface area contributed by atoms with Crippen molar-refractivity contribution in [2.24, 2.45) is 0 Å². The van der Waals surface area contributed by atoms with Crippen LogP contribution in [0.5, 0.6) is 0 Å². The van der Waals surface area contributed by atoms with Crippen LogP contribution in [0.25, 0.3) is 0 Å². The van der Waals surface area contributed by atoms with Gasteiger partial charge in [0.2, 0.25) is 15.9 Å². The van der Waals surface area contributed by atoms with E-state index in [0.717, 1.165) is 17.1 Å². The quantitative estimate of drug-likeness (QED) is 0.748. The number of rotatable bonds is 7. The van der Waals surface area contributed by atoms with Crippen LogP contribution in [0.4, 0.5) is 5.69 Å². The van der Waals surface area contributed by atoms with Gasteiger partial charge < -0.3 is 5.32 Å². The summed E-state index contributed by atoms with van der Waals surface area (Å²) in [5.41, 5.74) is 1.56. The maximum atomic E-state index is 12.2. The van der Waals surface area contributed by atoms with Gasteiger partial charge in [-0.2, -0.15) is 0 Å². The number of nitrogens with one attached hydrogen (secondary N) is 2. The molecule has 1 amide bonds. The molecule has 2 aromatic rings. The fourth-order valence-corrected chi connectivity index (χ4v) is 3.86. The molecule has 0 saturated heterocycles. The van der Waals surface area contributed by atoms with Crippen LogP contribution in [0.3, 0.4) is 0 Å². The van der Waals surface area contributed by atoms with E-state index in [9.17, 15) is 13.2 Å². The number of hydrogen-bond acceptors (Lipinski definition) is 5. The van der Waals surface area contributed by atoms with Crippen LogP contribution in [-0.2, 0) is 21.2 Å². The molecule has 0 aliphatic carbocycles. The number of sulfonamides is 1. The molecular weight excluding hydrogens is 334 g/mol. The lowest BCUT2D eigenvalue weighted by Gasteiger charge is -2.07. The Morgan fingerprint density at radius 3 is 2.52 bits per heavy atom. The molecule has 1 aromatic carbocycles. The minimum atomic E-state index is -3.53. The third kappa shape index (κ3) is 5.42. The normalized spacial score (nSPS) is 11.4. The van der Waals surface area contributed by atoms with E-state index in [0.29, 0.717) is 18.7 Å². The Morgan fingerprint density at radius 1 is 1.26 bits per heavy atom. The average Bonchev–Trinajstić information content (AvgIpc) is 2.89. The Labute approximate surface area is 140 Å². The first-order valence-electron chi connectivity index (χ1n) is 7.15. The molecule has 124 valence electrons. The third-order valence-electron chi connectivity index (χ3n) is 3.01. The summed E-state index contributed by atoms with van der Waals surface area (Å²) in [5, 5.41) is 5.59. The first-order valence-corrected chi connectivity index (χ1v) is 9.51. The largest absolute Gasteiger partial charge is 0.326 e. The van der Waals surface area contributed by atoms with Crippen molar-refractivity contribution in [1.29, 1.82) is 0 Å². The van der Waals surface area contributed by atoms with Crippen molar-refractivity contribution >= 4 is 33.0 Å². The maximum absolute atomic E-state index is 12.2. The molecule has 0 radical (unpaired) electrons. The summed E-state index contributed by atoms with van der Waals surface area (Å²) in [4.78, 5) is 15.5. The molecule has 0 spiro atoms. The Kier molecular flexibility index (Phi) is 5.86. The SMILES string of the molecule is CC(=O)Nc1ccc(S(=O)(=O)NCCCc2nc(C)cs2)cc1. The highest BCUT2D eigenvalue weighted by Crippen LogP contribution is 2.14. The summed E-state index contributed by atoms with van der Waals surface area (Å²) < 4.78 is 26.9. The average molecular weight is 353 g/mol. The second-order valence-electron chi connectivity index (χ2n) is 5.09. The number of benzene rings is 1. The topological polar surface area (TPSA) is 88.2 Å². The van der Waals surface area contributed by atoms with Gasteiger partial charge in [0, 0.05) is 36.7 Å². The zero-order valence-corrected chi connectivity index (χ0v) is 14.6. The lowest BCUT2D eigenvalue weighted by molar-refractivity contribution is -0.114. The highest BCUT2D eigenvalue weighted by molar-refractivity contribution is 7.89. The predicted octanol–water partition coefficient (Wildman–Crippen LogP) is 2.32. The number of carbonyl (C=O) groups is 1. The Balaban J connectivity index is 1.87. The van der Waals surface area contributed by atoms with Gasteiger partial charge in [0.1, 0.15) is 0 Å². The van der Waals surface area contributed by atoms with Crippen molar-refractivity contribution in [1.82, 2.24) is 9.71 Å². The zero-order valence-electron chi connectivity index (χ0n) is 13.0. The summed E-state index contributed by atoms with van der Waals surface area (Å²) in [6.45, 7) is 3.69. The summed E-state index contributed by atoms with van der Waals surface area (Å²) in [6, 6.07) is 6.07. The molecule has 0 aliphatic rings. The van der Waals surface area contributed by atoms with Crippen LogP contribution in [0.15, 0.2) is 34.5 Å². The van der Waals surface area contributed by atoms with Gasteiger partial charge in [0.05, 0.1) is 9.90 Å². The second-order valence-corrected chi connectivity index (χ2v) is 7.80. The maximum Gasteiger partial charge on any atom is 0.240 e. The zero-order chi connectivity index (χ0) is 16.9. The standard InChI is InChI=1S/C15H19N3O3S2/c1-11-10-22-15(17-11)4-3-9-16-23(20,21)14-7-5-13(6-8-14)18-12(2)19/h5-8,10,16H,3-4,9H2,1-2H3,(H,18,19). The van der Waals surface area contributed by atoms with Crippen molar-refractivity contribution in [2.45, 2.75) is 31.6 Å². The van der Waals surface area contributed by atoms with Crippen molar-refractivity contribution < 1.29 is 13.2 Å². The molecule has 0 unspecified atom stereocenters. The Morgan fingerprint density at radius 2 is 1.96 bits per heavy atom. The van der Waals surface area contributed by atoms with Gasteiger partial charge in [-0.1, -0.05) is 0 Å². The van der Waals surface area contributed by atoms with Crippen LogP contribution < -0.4 is 10.0 Å². The monoisotopic (exact) mass is 353 g/mol. The van der Waals surface area contributed by atoms with Gasteiger partial charge in [-0.3, -0.25) is 4.79 Å². The van der Waals surface area contributed by atoms with E-state index in [4.69, 9.17) is 0 Å². The summed E-state index contributed by atoms with van der Waals surface area (Å²) >= 11 is 1.59. The first kappa shape index (κ1) is 17.6. The number of amides is 1. The van der Waals surface area contributed by atoms with Gasteiger partial charge in [-0.05, 0) is 37.6 Å². The predicted molar refractivity (Wildman–Crippen MR) is 91.1 cm³/mol.